The van der Waals surface area contributed by atoms with Gasteiger partial charge in [-0.25, -0.2) is 4.39 Å². The second kappa shape index (κ2) is 10.9. The Balaban J connectivity index is 1.64. The molecular formula is C20H16Cl3FN4O2S. The number of hydrogen-bond donors (Lipinski definition) is 1. The van der Waals surface area contributed by atoms with Crippen molar-refractivity contribution in [2.45, 2.75) is 18.3 Å². The predicted molar refractivity (Wildman–Crippen MR) is 122 cm³/mol. The molecule has 0 unspecified atom stereocenters. The van der Waals surface area contributed by atoms with Gasteiger partial charge in [0.1, 0.15) is 18.2 Å². The number of amides is 1. The van der Waals surface area contributed by atoms with Crippen LogP contribution in [0, 0.1) is 5.82 Å². The summed E-state index contributed by atoms with van der Waals surface area (Å²) in [5, 5.41) is 12.2. The Hall–Kier alpha value is -2.26. The van der Waals surface area contributed by atoms with Gasteiger partial charge in [-0.15, -0.1) is 16.8 Å². The summed E-state index contributed by atoms with van der Waals surface area (Å²) in [5.41, 5.74) is 0.428. The lowest BCUT2D eigenvalue weighted by Crippen LogP contribution is -2.15. The number of thioether (sulfide) groups is 1. The van der Waals surface area contributed by atoms with E-state index < -0.39 is 5.82 Å². The molecule has 0 bridgehead atoms. The van der Waals surface area contributed by atoms with Crippen molar-refractivity contribution in [1.29, 1.82) is 0 Å². The number of anilines is 1. The molecule has 0 aliphatic rings. The Morgan fingerprint density at radius 3 is 2.77 bits per heavy atom. The highest BCUT2D eigenvalue weighted by atomic mass is 35.5. The van der Waals surface area contributed by atoms with Crippen molar-refractivity contribution >= 4 is 58.2 Å². The maximum atomic E-state index is 13.2. The van der Waals surface area contributed by atoms with E-state index in [0.717, 1.165) is 6.07 Å². The summed E-state index contributed by atoms with van der Waals surface area (Å²) in [6.07, 6.45) is 1.67. The fraction of sp³-hybridized carbons (Fsp3) is 0.150. The molecule has 1 heterocycles. The first-order valence-corrected chi connectivity index (χ1v) is 11.0. The lowest BCUT2D eigenvalue weighted by atomic mass is 10.3. The maximum absolute atomic E-state index is 13.2. The van der Waals surface area contributed by atoms with Crippen molar-refractivity contribution in [2.24, 2.45) is 0 Å². The fourth-order valence-electron chi connectivity index (χ4n) is 2.50. The molecule has 0 spiro atoms. The lowest BCUT2D eigenvalue weighted by molar-refractivity contribution is -0.113. The largest absolute Gasteiger partial charge is 0.484 e. The number of carbonyl (C=O) groups is 1. The molecule has 1 amide bonds. The summed E-state index contributed by atoms with van der Waals surface area (Å²) in [5.74, 6) is 0.161. The normalized spacial score (nSPS) is 10.7. The van der Waals surface area contributed by atoms with E-state index in [1.807, 2.05) is 0 Å². The number of ether oxygens (including phenoxy) is 1. The van der Waals surface area contributed by atoms with Gasteiger partial charge >= 0.3 is 0 Å². The van der Waals surface area contributed by atoms with Crippen molar-refractivity contribution in [2.75, 3.05) is 11.1 Å². The number of rotatable bonds is 9. The Kier molecular flexibility index (Phi) is 8.20. The monoisotopic (exact) mass is 500 g/mol. The molecule has 1 aromatic heterocycles. The van der Waals surface area contributed by atoms with Crippen molar-refractivity contribution in [1.82, 2.24) is 14.8 Å². The van der Waals surface area contributed by atoms with E-state index in [1.54, 1.807) is 28.8 Å². The van der Waals surface area contributed by atoms with E-state index in [1.165, 1.54) is 23.9 Å². The quantitative estimate of drug-likeness (QED) is 0.293. The van der Waals surface area contributed by atoms with Crippen LogP contribution in [-0.4, -0.2) is 26.4 Å². The van der Waals surface area contributed by atoms with Crippen LogP contribution in [0.1, 0.15) is 5.82 Å². The van der Waals surface area contributed by atoms with Gasteiger partial charge < -0.3 is 10.1 Å². The first-order valence-electron chi connectivity index (χ1n) is 8.86. The third-order valence-corrected chi connectivity index (χ3v) is 5.99. The van der Waals surface area contributed by atoms with E-state index in [4.69, 9.17) is 39.5 Å². The average molecular weight is 502 g/mol. The Labute approximate surface area is 197 Å². The van der Waals surface area contributed by atoms with Crippen LogP contribution in [-0.2, 0) is 17.9 Å². The molecule has 0 aliphatic heterocycles. The minimum absolute atomic E-state index is 0.0526. The van der Waals surface area contributed by atoms with Crippen molar-refractivity contribution in [3.05, 3.63) is 75.8 Å². The first-order chi connectivity index (χ1) is 14.9. The molecule has 0 atom stereocenters. The van der Waals surface area contributed by atoms with Crippen LogP contribution in [0.3, 0.4) is 0 Å². The van der Waals surface area contributed by atoms with Gasteiger partial charge in [0.15, 0.2) is 11.0 Å². The molecule has 2 aromatic carbocycles. The number of nitrogens with zero attached hydrogens (tertiary/aromatic N) is 3. The summed E-state index contributed by atoms with van der Waals surface area (Å²) in [6.45, 7) is 4.20. The van der Waals surface area contributed by atoms with Crippen LogP contribution in [0.5, 0.6) is 5.75 Å². The van der Waals surface area contributed by atoms with Gasteiger partial charge in [-0.2, -0.15) is 0 Å². The third-order valence-electron chi connectivity index (χ3n) is 3.91. The molecule has 3 rings (SSSR count). The van der Waals surface area contributed by atoms with Crippen LogP contribution >= 0.6 is 46.6 Å². The highest BCUT2D eigenvalue weighted by molar-refractivity contribution is 7.99. The molecule has 3 aromatic rings. The van der Waals surface area contributed by atoms with Gasteiger partial charge in [-0.05, 0) is 30.3 Å². The van der Waals surface area contributed by atoms with Gasteiger partial charge in [0, 0.05) is 6.54 Å². The number of nitrogens with one attached hydrogen (secondary N) is 1. The highest BCUT2D eigenvalue weighted by Gasteiger charge is 2.16. The molecule has 1 N–H and O–H groups in total. The molecule has 11 heteroatoms. The first kappa shape index (κ1) is 23.4. The smallest absolute Gasteiger partial charge is 0.234 e. The molecule has 0 fully saturated rings. The second-order valence-corrected chi connectivity index (χ2v) is 8.23. The minimum atomic E-state index is -0.455. The molecule has 0 saturated carbocycles. The van der Waals surface area contributed by atoms with Gasteiger partial charge in [-0.3, -0.25) is 9.36 Å². The standard InChI is InChI=1S/C20H16Cl3FN4O2S/c1-2-8-28-17(10-30-16-7-6-12(24)9-14(16)22)26-27-20(28)31-11-18(29)25-15-5-3-4-13(21)19(15)23/h2-7,9H,1,8,10-11H2,(H,25,29). The van der Waals surface area contributed by atoms with Crippen LogP contribution in [0.15, 0.2) is 54.2 Å². The topological polar surface area (TPSA) is 69.0 Å². The predicted octanol–water partition coefficient (Wildman–Crippen LogP) is 5.87. The Bertz CT molecular complexity index is 1110. The zero-order chi connectivity index (χ0) is 22.4. The summed E-state index contributed by atoms with van der Waals surface area (Å²) in [4.78, 5) is 12.3. The van der Waals surface area contributed by atoms with Gasteiger partial charge in [-0.1, -0.05) is 58.7 Å². The average Bonchev–Trinajstić information content (AvgIpc) is 3.11. The molecule has 31 heavy (non-hydrogen) atoms. The maximum Gasteiger partial charge on any atom is 0.234 e. The lowest BCUT2D eigenvalue weighted by Gasteiger charge is -2.10. The van der Waals surface area contributed by atoms with Crippen LogP contribution in [0.2, 0.25) is 15.1 Å². The number of hydrogen-bond acceptors (Lipinski definition) is 5. The van der Waals surface area contributed by atoms with E-state index in [0.29, 0.717) is 34.0 Å². The van der Waals surface area contributed by atoms with Crippen molar-refractivity contribution in [3.63, 3.8) is 0 Å². The molecule has 0 radical (unpaired) electrons. The Morgan fingerprint density at radius 2 is 2.03 bits per heavy atom. The number of aromatic nitrogens is 3. The van der Waals surface area contributed by atoms with Gasteiger partial charge in [0.05, 0.1) is 26.5 Å². The summed E-state index contributed by atoms with van der Waals surface area (Å²) in [6, 6.07) is 8.84. The Morgan fingerprint density at radius 1 is 1.23 bits per heavy atom. The van der Waals surface area contributed by atoms with E-state index in [-0.39, 0.29) is 28.3 Å². The second-order valence-electron chi connectivity index (χ2n) is 6.10. The number of benzene rings is 2. The molecule has 0 aliphatic carbocycles. The van der Waals surface area contributed by atoms with Gasteiger partial charge in [0.25, 0.3) is 0 Å². The van der Waals surface area contributed by atoms with Crippen LogP contribution in [0.4, 0.5) is 10.1 Å². The zero-order valence-electron chi connectivity index (χ0n) is 15.9. The summed E-state index contributed by atoms with van der Waals surface area (Å²) in [7, 11) is 0. The summed E-state index contributed by atoms with van der Waals surface area (Å²) >= 11 is 19.2. The van der Waals surface area contributed by atoms with E-state index in [2.05, 4.69) is 22.1 Å². The van der Waals surface area contributed by atoms with Crippen molar-refractivity contribution in [3.8, 4) is 5.75 Å². The van der Waals surface area contributed by atoms with E-state index >= 15 is 0 Å². The summed E-state index contributed by atoms with van der Waals surface area (Å²) < 4.78 is 20.6. The van der Waals surface area contributed by atoms with E-state index in [9.17, 15) is 9.18 Å². The molecule has 162 valence electrons. The van der Waals surface area contributed by atoms with Crippen molar-refractivity contribution < 1.29 is 13.9 Å². The van der Waals surface area contributed by atoms with Crippen LogP contribution in [0.25, 0.3) is 0 Å². The van der Waals surface area contributed by atoms with Gasteiger partial charge in [0.2, 0.25) is 5.91 Å². The SMILES string of the molecule is C=CCn1c(COc2ccc(F)cc2Cl)nnc1SCC(=O)Nc1cccc(Cl)c1Cl. The minimum Gasteiger partial charge on any atom is -0.484 e. The zero-order valence-corrected chi connectivity index (χ0v) is 19.0. The molecule has 0 saturated heterocycles. The number of carbonyl (C=O) groups excluding carboxylic acids is 1. The third kappa shape index (κ3) is 6.13. The number of allylic oxidation sites excluding steroid dienone is 1. The number of halogens is 4. The molecular weight excluding hydrogens is 486 g/mol. The molecule has 6 nitrogen and oxygen atoms in total. The van der Waals surface area contributed by atoms with Crippen LogP contribution < -0.4 is 10.1 Å². The highest BCUT2D eigenvalue weighted by Crippen LogP contribution is 2.30. The fourth-order valence-corrected chi connectivity index (χ4v) is 3.83.